The Kier molecular flexibility index (Phi) is 6.84. The first kappa shape index (κ1) is 26.1. The number of rotatable bonds is 6. The van der Waals surface area contributed by atoms with E-state index in [0.717, 1.165) is 32.3 Å². The lowest BCUT2D eigenvalue weighted by Gasteiger charge is -2.45. The topological polar surface area (TPSA) is 55.8 Å². The minimum atomic E-state index is -4.03. The zero-order chi connectivity index (χ0) is 27.1. The quantitative estimate of drug-likeness (QED) is 0.236. The van der Waals surface area contributed by atoms with Gasteiger partial charge < -0.3 is 9.47 Å². The minimum Gasteiger partial charge on any atom is -0.493 e. The van der Waals surface area contributed by atoms with Crippen molar-refractivity contribution in [2.75, 3.05) is 18.5 Å². The third kappa shape index (κ3) is 4.40. The lowest BCUT2D eigenvalue weighted by Crippen LogP contribution is -2.49. The number of hydrogen-bond acceptors (Lipinski definition) is 4. The van der Waals surface area contributed by atoms with E-state index in [-0.39, 0.29) is 4.90 Å². The first-order valence-electron chi connectivity index (χ1n) is 12.1. The van der Waals surface area contributed by atoms with Gasteiger partial charge in [0, 0.05) is 16.1 Å². The second-order valence-electron chi connectivity index (χ2n) is 9.39. The fourth-order valence-corrected chi connectivity index (χ4v) is 6.98. The molecule has 1 aliphatic heterocycles. The second kappa shape index (κ2) is 9.97. The lowest BCUT2D eigenvalue weighted by atomic mass is 9.81. The summed E-state index contributed by atoms with van der Waals surface area (Å²) in [7, 11) is -0.903. The van der Waals surface area contributed by atoms with Crippen LogP contribution in [0.25, 0.3) is 5.57 Å². The molecule has 0 saturated carbocycles. The predicted octanol–water partition coefficient (Wildman–Crippen LogP) is 7.33. The number of hydrogen-bond donors (Lipinski definition) is 0. The molecule has 0 amide bonds. The Morgan fingerprint density at radius 2 is 1.42 bits per heavy atom. The van der Waals surface area contributed by atoms with Crippen LogP contribution in [0.5, 0.6) is 11.5 Å². The smallest absolute Gasteiger partial charge is 0.265 e. The van der Waals surface area contributed by atoms with Crippen LogP contribution in [0.4, 0.5) is 5.69 Å². The molecule has 1 unspecified atom stereocenters. The van der Waals surface area contributed by atoms with Crippen molar-refractivity contribution in [3.8, 4) is 11.5 Å². The minimum absolute atomic E-state index is 0.212. The van der Waals surface area contributed by atoms with Gasteiger partial charge in [-0.15, -0.1) is 0 Å². The molecule has 0 N–H and O–H groups in total. The van der Waals surface area contributed by atoms with E-state index >= 15 is 0 Å². The maximum Gasteiger partial charge on any atom is 0.265 e. The molecule has 0 aromatic heterocycles. The summed E-state index contributed by atoms with van der Waals surface area (Å²) in [5.41, 5.74) is 3.86. The van der Waals surface area contributed by atoms with Crippen molar-refractivity contribution < 1.29 is 17.9 Å². The highest BCUT2D eigenvalue weighted by Crippen LogP contribution is 2.51. The normalized spacial score (nSPS) is 17.0. The second-order valence-corrected chi connectivity index (χ2v) is 12.1. The van der Waals surface area contributed by atoms with E-state index in [0.29, 0.717) is 17.2 Å². The number of methoxy groups -OCH3 is 2. The molecule has 0 radical (unpaired) electrons. The van der Waals surface area contributed by atoms with Crippen LogP contribution < -0.4 is 13.8 Å². The highest BCUT2D eigenvalue weighted by atomic mass is 79.9. The Bertz CT molecular complexity index is 1620. The van der Waals surface area contributed by atoms with E-state index in [9.17, 15) is 8.42 Å². The van der Waals surface area contributed by atoms with Gasteiger partial charge in [0.2, 0.25) is 0 Å². The van der Waals surface area contributed by atoms with Crippen molar-refractivity contribution in [3.63, 3.8) is 0 Å². The van der Waals surface area contributed by atoms with E-state index in [1.807, 2.05) is 92.7 Å². The third-order valence-electron chi connectivity index (χ3n) is 6.93. The summed E-state index contributed by atoms with van der Waals surface area (Å²) in [6, 6.07) is 28.3. The average Bonchev–Trinajstić information content (AvgIpc) is 2.92. The molecule has 0 saturated heterocycles. The molecule has 1 atom stereocenters. The van der Waals surface area contributed by atoms with Gasteiger partial charge in [0.1, 0.15) is 0 Å². The van der Waals surface area contributed by atoms with Crippen molar-refractivity contribution in [3.05, 3.63) is 124 Å². The maximum absolute atomic E-state index is 14.5. The molecule has 1 aliphatic rings. The predicted molar refractivity (Wildman–Crippen MR) is 155 cm³/mol. The van der Waals surface area contributed by atoms with E-state index in [1.54, 1.807) is 32.4 Å². The van der Waals surface area contributed by atoms with Crippen LogP contribution in [-0.2, 0) is 15.6 Å². The molecule has 7 heteroatoms. The number of aryl methyl sites for hydroxylation is 1. The molecule has 0 spiro atoms. The van der Waals surface area contributed by atoms with E-state index in [1.165, 1.54) is 4.31 Å². The Balaban J connectivity index is 1.89. The molecule has 4 aromatic rings. The average molecular weight is 591 g/mol. The number of fused-ring (bicyclic) bond motifs is 1. The van der Waals surface area contributed by atoms with Crippen LogP contribution in [-0.4, -0.2) is 22.6 Å². The van der Waals surface area contributed by atoms with Crippen molar-refractivity contribution in [1.82, 2.24) is 0 Å². The number of benzene rings is 4. The summed E-state index contributed by atoms with van der Waals surface area (Å²) in [5.74, 6) is 0.968. The number of halogens is 1. The monoisotopic (exact) mass is 589 g/mol. The van der Waals surface area contributed by atoms with Crippen molar-refractivity contribution >= 4 is 37.2 Å². The Labute approximate surface area is 232 Å². The van der Waals surface area contributed by atoms with E-state index in [2.05, 4.69) is 15.9 Å². The molecule has 0 fully saturated rings. The summed E-state index contributed by atoms with van der Waals surface area (Å²) in [6.07, 6.45) is 2.03. The number of anilines is 1. The molecule has 38 heavy (non-hydrogen) atoms. The van der Waals surface area contributed by atoms with Gasteiger partial charge in [-0.05, 0) is 67.0 Å². The standard InChI is InChI=1S/C31H28BrNO4S/c1-21-10-16-25(17-11-21)38(34,35)33-28-19-30(37-4)29(36-3)18-26(28)27(22-8-6-5-7-9-22)20-31(33,2)23-12-14-24(32)15-13-23/h5-20H,1-4H3. The molecule has 0 bridgehead atoms. The number of sulfonamides is 1. The largest absolute Gasteiger partial charge is 0.493 e. The first-order valence-corrected chi connectivity index (χ1v) is 14.3. The SMILES string of the molecule is COc1cc2c(cc1OC)N(S(=O)(=O)c1ccc(C)cc1)C(C)(c1ccc(Br)cc1)C=C2c1ccccc1. The van der Waals surface area contributed by atoms with Crippen LogP contribution in [0.15, 0.2) is 106 Å². The Morgan fingerprint density at radius 3 is 2.03 bits per heavy atom. The van der Waals surface area contributed by atoms with Gasteiger partial charge in [-0.2, -0.15) is 0 Å². The van der Waals surface area contributed by atoms with Gasteiger partial charge in [0.05, 0.1) is 30.3 Å². The fourth-order valence-electron chi connectivity index (χ4n) is 4.96. The molecular weight excluding hydrogens is 562 g/mol. The lowest BCUT2D eigenvalue weighted by molar-refractivity contribution is 0.354. The first-order chi connectivity index (χ1) is 18.2. The molecule has 5 nitrogen and oxygen atoms in total. The summed E-state index contributed by atoms with van der Waals surface area (Å²) >= 11 is 3.52. The van der Waals surface area contributed by atoms with Crippen LogP contribution in [0.1, 0.15) is 29.2 Å². The fraction of sp³-hybridized carbons (Fsp3) is 0.161. The summed E-state index contributed by atoms with van der Waals surface area (Å²) < 4.78 is 42.8. The number of ether oxygens (including phenoxy) is 2. The van der Waals surface area contributed by atoms with Crippen LogP contribution >= 0.6 is 15.9 Å². The summed E-state index contributed by atoms with van der Waals surface area (Å²) in [6.45, 7) is 3.87. The van der Waals surface area contributed by atoms with Gasteiger partial charge in [-0.1, -0.05) is 76.1 Å². The molecule has 5 rings (SSSR count). The molecule has 1 heterocycles. The van der Waals surface area contributed by atoms with Gasteiger partial charge in [-0.25, -0.2) is 8.42 Å². The zero-order valence-corrected chi connectivity index (χ0v) is 24.0. The molecule has 4 aromatic carbocycles. The molecule has 194 valence electrons. The van der Waals surface area contributed by atoms with Gasteiger partial charge in [0.15, 0.2) is 11.5 Å². The van der Waals surface area contributed by atoms with Crippen LogP contribution in [0, 0.1) is 6.92 Å². The zero-order valence-electron chi connectivity index (χ0n) is 21.6. The number of nitrogens with zero attached hydrogens (tertiary/aromatic N) is 1. The molecular formula is C31H28BrNO4S. The summed E-state index contributed by atoms with van der Waals surface area (Å²) in [4.78, 5) is 0.212. The summed E-state index contributed by atoms with van der Waals surface area (Å²) in [5, 5.41) is 0. The third-order valence-corrected chi connectivity index (χ3v) is 9.38. The van der Waals surface area contributed by atoms with Crippen LogP contribution in [0.2, 0.25) is 0 Å². The Hall–Kier alpha value is -3.55. The van der Waals surface area contributed by atoms with E-state index in [4.69, 9.17) is 9.47 Å². The van der Waals surface area contributed by atoms with Crippen molar-refractivity contribution in [1.29, 1.82) is 0 Å². The maximum atomic E-state index is 14.5. The van der Waals surface area contributed by atoms with Crippen molar-refractivity contribution in [2.45, 2.75) is 24.3 Å². The van der Waals surface area contributed by atoms with Crippen molar-refractivity contribution in [2.24, 2.45) is 0 Å². The highest BCUT2D eigenvalue weighted by Gasteiger charge is 2.45. The van der Waals surface area contributed by atoms with Gasteiger partial charge in [0.25, 0.3) is 10.0 Å². The van der Waals surface area contributed by atoms with Crippen LogP contribution in [0.3, 0.4) is 0 Å². The van der Waals surface area contributed by atoms with Gasteiger partial charge in [-0.3, -0.25) is 4.31 Å². The van der Waals surface area contributed by atoms with Gasteiger partial charge >= 0.3 is 0 Å². The highest BCUT2D eigenvalue weighted by molar-refractivity contribution is 9.10. The Morgan fingerprint density at radius 1 is 0.816 bits per heavy atom. The van der Waals surface area contributed by atoms with E-state index < -0.39 is 15.6 Å². The molecule has 0 aliphatic carbocycles.